The van der Waals surface area contributed by atoms with Gasteiger partial charge in [0.15, 0.2) is 0 Å². The molecule has 0 N–H and O–H groups in total. The number of hydrogen-bond acceptors (Lipinski definition) is 2. The molecule has 1 fully saturated rings. The fourth-order valence-electron chi connectivity index (χ4n) is 1.94. The number of piperidine rings is 1. The highest BCUT2D eigenvalue weighted by Gasteiger charge is 2.16. The van der Waals surface area contributed by atoms with Crippen LogP contribution in [0, 0.1) is 5.92 Å². The van der Waals surface area contributed by atoms with Crippen LogP contribution in [-0.4, -0.2) is 34.6 Å². The molecule has 13 heavy (non-hydrogen) atoms. The zero-order valence-electron chi connectivity index (χ0n) is 8.19. The van der Waals surface area contributed by atoms with Gasteiger partial charge in [0.25, 0.3) is 0 Å². The molecule has 0 aromatic carbocycles. The average molecular weight is 179 g/mol. The van der Waals surface area contributed by atoms with Gasteiger partial charge < -0.3 is 9.47 Å². The van der Waals surface area contributed by atoms with Crippen LogP contribution in [0.2, 0.25) is 0 Å². The third-order valence-electron chi connectivity index (χ3n) is 2.87. The zero-order chi connectivity index (χ0) is 9.10. The summed E-state index contributed by atoms with van der Waals surface area (Å²) in [6, 6.07) is 0. The molecular weight excluding hydrogens is 162 g/mol. The number of rotatable bonds is 2. The van der Waals surface area contributed by atoms with Crippen LogP contribution in [0.3, 0.4) is 0 Å². The number of likely N-dealkylation sites (tertiary alicyclic amines) is 1. The number of imidazole rings is 1. The minimum absolute atomic E-state index is 0.852. The van der Waals surface area contributed by atoms with Crippen molar-refractivity contribution in [3.63, 3.8) is 0 Å². The topological polar surface area (TPSA) is 21.1 Å². The maximum absolute atomic E-state index is 4.06. The minimum Gasteiger partial charge on any atom is -0.337 e. The molecule has 1 saturated heterocycles. The van der Waals surface area contributed by atoms with Gasteiger partial charge in [-0.05, 0) is 38.9 Å². The maximum Gasteiger partial charge on any atom is 0.0945 e. The molecule has 0 atom stereocenters. The van der Waals surface area contributed by atoms with Crippen molar-refractivity contribution in [2.45, 2.75) is 19.4 Å². The quantitative estimate of drug-likeness (QED) is 0.680. The average Bonchev–Trinajstić information content (AvgIpc) is 2.62. The minimum atomic E-state index is 0.852. The van der Waals surface area contributed by atoms with E-state index >= 15 is 0 Å². The molecule has 0 amide bonds. The highest BCUT2D eigenvalue weighted by Crippen LogP contribution is 2.17. The zero-order valence-corrected chi connectivity index (χ0v) is 8.19. The van der Waals surface area contributed by atoms with Gasteiger partial charge in [0, 0.05) is 18.9 Å². The summed E-state index contributed by atoms with van der Waals surface area (Å²) < 4.78 is 2.19. The maximum atomic E-state index is 4.06. The van der Waals surface area contributed by atoms with Crippen LogP contribution in [0.25, 0.3) is 0 Å². The van der Waals surface area contributed by atoms with Crippen LogP contribution in [0.4, 0.5) is 0 Å². The van der Waals surface area contributed by atoms with E-state index < -0.39 is 0 Å². The SMILES string of the molecule is CN1CCC(Cn2ccnc2)CC1. The van der Waals surface area contributed by atoms with Gasteiger partial charge in [0.1, 0.15) is 0 Å². The van der Waals surface area contributed by atoms with Crippen molar-refractivity contribution in [2.24, 2.45) is 5.92 Å². The lowest BCUT2D eigenvalue weighted by molar-refractivity contribution is 0.205. The van der Waals surface area contributed by atoms with E-state index in [-0.39, 0.29) is 0 Å². The summed E-state index contributed by atoms with van der Waals surface area (Å²) in [4.78, 5) is 6.46. The third-order valence-corrected chi connectivity index (χ3v) is 2.87. The molecule has 2 heterocycles. The Morgan fingerprint density at radius 1 is 1.38 bits per heavy atom. The number of nitrogens with zero attached hydrogens (tertiary/aromatic N) is 3. The van der Waals surface area contributed by atoms with Gasteiger partial charge in [-0.3, -0.25) is 0 Å². The molecule has 1 aromatic heterocycles. The molecule has 1 aromatic rings. The Balaban J connectivity index is 1.83. The predicted molar refractivity (Wildman–Crippen MR) is 52.4 cm³/mol. The highest BCUT2D eigenvalue weighted by molar-refractivity contribution is 4.77. The molecule has 0 radical (unpaired) electrons. The monoisotopic (exact) mass is 179 g/mol. The molecule has 0 saturated carbocycles. The van der Waals surface area contributed by atoms with Crippen LogP contribution in [0.1, 0.15) is 12.8 Å². The van der Waals surface area contributed by atoms with Crippen LogP contribution in [-0.2, 0) is 6.54 Å². The molecule has 1 aliphatic heterocycles. The number of hydrogen-bond donors (Lipinski definition) is 0. The summed E-state index contributed by atoms with van der Waals surface area (Å²) in [6.07, 6.45) is 8.48. The van der Waals surface area contributed by atoms with E-state index in [1.165, 1.54) is 25.9 Å². The Morgan fingerprint density at radius 3 is 2.77 bits per heavy atom. The second-order valence-electron chi connectivity index (χ2n) is 4.01. The van der Waals surface area contributed by atoms with Crippen molar-refractivity contribution in [1.29, 1.82) is 0 Å². The van der Waals surface area contributed by atoms with E-state index in [4.69, 9.17) is 0 Å². The second-order valence-corrected chi connectivity index (χ2v) is 4.01. The molecular formula is C10H17N3. The fraction of sp³-hybridized carbons (Fsp3) is 0.700. The standard InChI is InChI=1S/C10H17N3/c1-12-5-2-10(3-6-12)8-13-7-4-11-9-13/h4,7,9-10H,2-3,5-6,8H2,1H3. The van der Waals surface area contributed by atoms with Gasteiger partial charge in [-0.15, -0.1) is 0 Å². The first-order valence-electron chi connectivity index (χ1n) is 4.99. The normalized spacial score (nSPS) is 20.7. The van der Waals surface area contributed by atoms with Crippen LogP contribution >= 0.6 is 0 Å². The van der Waals surface area contributed by atoms with Crippen LogP contribution in [0.15, 0.2) is 18.7 Å². The fourth-order valence-corrected chi connectivity index (χ4v) is 1.94. The van der Waals surface area contributed by atoms with E-state index in [0.29, 0.717) is 0 Å². The Morgan fingerprint density at radius 2 is 2.15 bits per heavy atom. The van der Waals surface area contributed by atoms with E-state index in [9.17, 15) is 0 Å². The van der Waals surface area contributed by atoms with Crippen molar-refractivity contribution >= 4 is 0 Å². The molecule has 3 heteroatoms. The van der Waals surface area contributed by atoms with Gasteiger partial charge in [-0.2, -0.15) is 0 Å². The van der Waals surface area contributed by atoms with Crippen molar-refractivity contribution in [2.75, 3.05) is 20.1 Å². The van der Waals surface area contributed by atoms with E-state index in [1.54, 1.807) is 0 Å². The van der Waals surface area contributed by atoms with Crippen molar-refractivity contribution in [3.05, 3.63) is 18.7 Å². The van der Waals surface area contributed by atoms with Crippen molar-refractivity contribution in [3.8, 4) is 0 Å². The molecule has 0 unspecified atom stereocenters. The predicted octanol–water partition coefficient (Wildman–Crippen LogP) is 1.22. The first kappa shape index (κ1) is 8.75. The number of aromatic nitrogens is 2. The Bertz CT molecular complexity index is 235. The lowest BCUT2D eigenvalue weighted by Gasteiger charge is -2.28. The van der Waals surface area contributed by atoms with Crippen molar-refractivity contribution in [1.82, 2.24) is 14.5 Å². The van der Waals surface area contributed by atoms with Gasteiger partial charge in [-0.1, -0.05) is 0 Å². The van der Waals surface area contributed by atoms with Gasteiger partial charge in [0.2, 0.25) is 0 Å². The Hall–Kier alpha value is -0.830. The molecule has 0 aliphatic carbocycles. The Kier molecular flexibility index (Phi) is 2.64. The van der Waals surface area contributed by atoms with E-state index in [2.05, 4.69) is 27.7 Å². The lowest BCUT2D eigenvalue weighted by Crippen LogP contribution is -2.31. The van der Waals surface area contributed by atoms with Crippen LogP contribution in [0.5, 0.6) is 0 Å². The lowest BCUT2D eigenvalue weighted by atomic mass is 9.97. The van der Waals surface area contributed by atoms with Gasteiger partial charge in [-0.25, -0.2) is 4.98 Å². The summed E-state index contributed by atoms with van der Waals surface area (Å²) in [5.41, 5.74) is 0. The van der Waals surface area contributed by atoms with Gasteiger partial charge in [0.05, 0.1) is 6.33 Å². The van der Waals surface area contributed by atoms with Gasteiger partial charge >= 0.3 is 0 Å². The molecule has 72 valence electrons. The highest BCUT2D eigenvalue weighted by atomic mass is 15.1. The summed E-state index contributed by atoms with van der Waals surface area (Å²) in [5.74, 6) is 0.852. The molecule has 3 nitrogen and oxygen atoms in total. The van der Waals surface area contributed by atoms with Crippen molar-refractivity contribution < 1.29 is 0 Å². The first-order chi connectivity index (χ1) is 6.34. The summed E-state index contributed by atoms with van der Waals surface area (Å²) >= 11 is 0. The van der Waals surface area contributed by atoms with Crippen LogP contribution < -0.4 is 0 Å². The Labute approximate surface area is 79.4 Å². The van der Waals surface area contributed by atoms with E-state index in [1.807, 2.05) is 12.5 Å². The molecule has 2 rings (SSSR count). The van der Waals surface area contributed by atoms with E-state index in [0.717, 1.165) is 12.5 Å². The summed E-state index contributed by atoms with van der Waals surface area (Å²) in [5, 5.41) is 0. The smallest absolute Gasteiger partial charge is 0.0945 e. The summed E-state index contributed by atoms with van der Waals surface area (Å²) in [7, 11) is 2.20. The summed E-state index contributed by atoms with van der Waals surface area (Å²) in [6.45, 7) is 3.65. The third kappa shape index (κ3) is 2.31. The molecule has 0 spiro atoms. The molecule has 0 bridgehead atoms. The first-order valence-corrected chi connectivity index (χ1v) is 4.99. The second kappa shape index (κ2) is 3.92. The largest absolute Gasteiger partial charge is 0.337 e. The molecule has 1 aliphatic rings.